The SMILES string of the molecule is C=C(C)C(=O)OC(C)(C)CC(C)(C)Oc1ccc2cc(-c3ccccc3)n(CCCCC)c2c1. The molecule has 0 aliphatic carbocycles. The average molecular weight is 462 g/mol. The molecule has 0 spiro atoms. The number of fused-ring (bicyclic) bond motifs is 1. The fourth-order valence-electron chi connectivity index (χ4n) is 4.66. The monoisotopic (exact) mass is 461 g/mol. The molecule has 182 valence electrons. The highest BCUT2D eigenvalue weighted by Crippen LogP contribution is 2.34. The number of esters is 1. The van der Waals surface area contributed by atoms with E-state index in [1.165, 1.54) is 35.0 Å². The molecule has 0 unspecified atom stereocenters. The summed E-state index contributed by atoms with van der Waals surface area (Å²) in [5, 5.41) is 1.20. The number of carbonyl (C=O) groups excluding carboxylic acids is 1. The first-order valence-corrected chi connectivity index (χ1v) is 12.3. The van der Waals surface area contributed by atoms with E-state index in [1.807, 2.05) is 33.8 Å². The Morgan fingerprint density at radius 3 is 2.32 bits per heavy atom. The van der Waals surface area contributed by atoms with Crippen LogP contribution >= 0.6 is 0 Å². The Labute approximate surface area is 204 Å². The fourth-order valence-corrected chi connectivity index (χ4v) is 4.66. The predicted octanol–water partition coefficient (Wildman–Crippen LogP) is 7.94. The molecule has 0 bridgehead atoms. The molecule has 34 heavy (non-hydrogen) atoms. The lowest BCUT2D eigenvalue weighted by molar-refractivity contribution is -0.155. The van der Waals surface area contributed by atoms with Crippen molar-refractivity contribution in [3.63, 3.8) is 0 Å². The predicted molar refractivity (Wildman–Crippen MR) is 141 cm³/mol. The number of carbonyl (C=O) groups is 1. The van der Waals surface area contributed by atoms with Gasteiger partial charge in [-0.05, 0) is 64.8 Å². The van der Waals surface area contributed by atoms with Crippen LogP contribution in [0.5, 0.6) is 5.75 Å². The molecule has 1 heterocycles. The largest absolute Gasteiger partial charge is 0.488 e. The van der Waals surface area contributed by atoms with Crippen LogP contribution < -0.4 is 4.74 Å². The number of hydrogen-bond donors (Lipinski definition) is 0. The lowest BCUT2D eigenvalue weighted by atomic mass is 9.92. The Balaban J connectivity index is 1.89. The topological polar surface area (TPSA) is 40.5 Å². The van der Waals surface area contributed by atoms with Gasteiger partial charge in [0.1, 0.15) is 17.0 Å². The van der Waals surface area contributed by atoms with Gasteiger partial charge in [0.2, 0.25) is 0 Å². The Morgan fingerprint density at radius 2 is 1.68 bits per heavy atom. The van der Waals surface area contributed by atoms with Gasteiger partial charge < -0.3 is 14.0 Å². The van der Waals surface area contributed by atoms with E-state index in [0.29, 0.717) is 12.0 Å². The molecule has 0 saturated heterocycles. The normalized spacial score (nSPS) is 12.1. The van der Waals surface area contributed by atoms with Crippen molar-refractivity contribution in [2.75, 3.05) is 0 Å². The van der Waals surface area contributed by atoms with Crippen LogP contribution in [0.3, 0.4) is 0 Å². The quantitative estimate of drug-likeness (QED) is 0.165. The van der Waals surface area contributed by atoms with Crippen molar-refractivity contribution in [2.24, 2.45) is 0 Å². The second-order valence-electron chi connectivity index (χ2n) is 10.4. The van der Waals surface area contributed by atoms with Gasteiger partial charge in [-0.3, -0.25) is 0 Å². The minimum Gasteiger partial charge on any atom is -0.488 e. The number of aromatic nitrogens is 1. The average Bonchev–Trinajstić information content (AvgIpc) is 3.11. The number of hydrogen-bond acceptors (Lipinski definition) is 3. The van der Waals surface area contributed by atoms with Gasteiger partial charge in [-0.2, -0.15) is 0 Å². The summed E-state index contributed by atoms with van der Waals surface area (Å²) in [6, 6.07) is 19.1. The molecule has 3 aromatic rings. The van der Waals surface area contributed by atoms with E-state index in [0.717, 1.165) is 18.7 Å². The molecule has 4 heteroatoms. The molecule has 0 N–H and O–H groups in total. The number of benzene rings is 2. The Hall–Kier alpha value is -3.01. The highest BCUT2D eigenvalue weighted by molar-refractivity contribution is 5.88. The Kier molecular flexibility index (Phi) is 7.91. The van der Waals surface area contributed by atoms with Crippen molar-refractivity contribution in [3.8, 4) is 17.0 Å². The van der Waals surface area contributed by atoms with Gasteiger partial charge in [0.15, 0.2) is 0 Å². The molecule has 2 aromatic carbocycles. The molecule has 0 amide bonds. The maximum Gasteiger partial charge on any atom is 0.333 e. The van der Waals surface area contributed by atoms with Crippen LogP contribution in [-0.4, -0.2) is 21.7 Å². The summed E-state index contributed by atoms with van der Waals surface area (Å²) in [4.78, 5) is 12.0. The summed E-state index contributed by atoms with van der Waals surface area (Å²) >= 11 is 0. The van der Waals surface area contributed by atoms with Crippen molar-refractivity contribution in [3.05, 3.63) is 66.7 Å². The second-order valence-corrected chi connectivity index (χ2v) is 10.4. The lowest BCUT2D eigenvalue weighted by Gasteiger charge is -2.35. The van der Waals surface area contributed by atoms with E-state index in [1.54, 1.807) is 6.92 Å². The van der Waals surface area contributed by atoms with E-state index in [4.69, 9.17) is 9.47 Å². The summed E-state index contributed by atoms with van der Waals surface area (Å²) in [5.41, 5.74) is 2.82. The number of rotatable bonds is 11. The minimum absolute atomic E-state index is 0.374. The van der Waals surface area contributed by atoms with Crippen molar-refractivity contribution in [1.29, 1.82) is 0 Å². The summed E-state index contributed by atoms with van der Waals surface area (Å²) < 4.78 is 14.5. The fraction of sp³-hybridized carbons (Fsp3) is 0.433. The molecule has 1 aromatic heterocycles. The summed E-state index contributed by atoms with van der Waals surface area (Å²) in [6.07, 6.45) is 4.08. The van der Waals surface area contributed by atoms with Gasteiger partial charge in [0.25, 0.3) is 0 Å². The molecule has 0 aliphatic rings. The first-order chi connectivity index (χ1) is 16.0. The first kappa shape index (κ1) is 25.6. The zero-order chi connectivity index (χ0) is 24.9. The van der Waals surface area contributed by atoms with Crippen LogP contribution in [0.25, 0.3) is 22.2 Å². The third kappa shape index (κ3) is 6.53. The maximum atomic E-state index is 12.0. The number of unbranched alkanes of at least 4 members (excludes halogenated alkanes) is 2. The van der Waals surface area contributed by atoms with Crippen LogP contribution in [0, 0.1) is 0 Å². The van der Waals surface area contributed by atoms with Crippen molar-refractivity contribution in [1.82, 2.24) is 4.57 Å². The van der Waals surface area contributed by atoms with Crippen LogP contribution in [0.4, 0.5) is 0 Å². The maximum absolute atomic E-state index is 12.0. The molecular weight excluding hydrogens is 422 g/mol. The van der Waals surface area contributed by atoms with Crippen molar-refractivity contribution >= 4 is 16.9 Å². The molecular formula is C30H39NO3. The Morgan fingerprint density at radius 1 is 0.971 bits per heavy atom. The molecule has 0 fully saturated rings. The van der Waals surface area contributed by atoms with Crippen LogP contribution in [0.2, 0.25) is 0 Å². The van der Waals surface area contributed by atoms with Gasteiger partial charge in [-0.15, -0.1) is 0 Å². The lowest BCUT2D eigenvalue weighted by Crippen LogP contribution is -2.40. The molecule has 0 atom stereocenters. The zero-order valence-corrected chi connectivity index (χ0v) is 21.6. The Bertz CT molecular complexity index is 1140. The van der Waals surface area contributed by atoms with Crippen LogP contribution in [0.15, 0.2) is 66.7 Å². The van der Waals surface area contributed by atoms with E-state index in [9.17, 15) is 4.79 Å². The number of ether oxygens (including phenoxy) is 2. The molecule has 4 nitrogen and oxygen atoms in total. The van der Waals surface area contributed by atoms with Gasteiger partial charge in [-0.1, -0.05) is 56.7 Å². The first-order valence-electron chi connectivity index (χ1n) is 12.3. The molecule has 0 radical (unpaired) electrons. The van der Waals surface area contributed by atoms with Gasteiger partial charge in [-0.25, -0.2) is 4.79 Å². The highest BCUT2D eigenvalue weighted by atomic mass is 16.6. The van der Waals surface area contributed by atoms with E-state index in [2.05, 4.69) is 66.6 Å². The molecule has 0 aliphatic heterocycles. The number of aryl methyl sites for hydroxylation is 1. The molecule has 3 rings (SSSR count). The summed E-state index contributed by atoms with van der Waals surface area (Å²) in [6.45, 7) is 16.4. The van der Waals surface area contributed by atoms with Gasteiger partial charge in [0, 0.05) is 35.7 Å². The molecule has 0 saturated carbocycles. The van der Waals surface area contributed by atoms with E-state index in [-0.39, 0.29) is 5.97 Å². The standard InChI is InChI=1S/C30H39NO3/c1-8-9-13-18-31-26(23-14-11-10-12-15-23)19-24-16-17-25(20-27(24)31)33-29(4,5)21-30(6,7)34-28(32)22(2)3/h10-12,14-17,19-20H,2,8-9,13,18,21H2,1,3-7H3. The minimum atomic E-state index is -0.676. The third-order valence-corrected chi connectivity index (χ3v) is 5.89. The zero-order valence-electron chi connectivity index (χ0n) is 21.6. The van der Waals surface area contributed by atoms with Crippen LogP contribution in [0.1, 0.15) is 67.2 Å². The van der Waals surface area contributed by atoms with Crippen molar-refractivity contribution < 1.29 is 14.3 Å². The van der Waals surface area contributed by atoms with E-state index < -0.39 is 11.2 Å². The highest BCUT2D eigenvalue weighted by Gasteiger charge is 2.33. The third-order valence-electron chi connectivity index (χ3n) is 5.89. The summed E-state index contributed by atoms with van der Waals surface area (Å²) in [5.74, 6) is 0.439. The number of nitrogens with zero attached hydrogens (tertiary/aromatic N) is 1. The van der Waals surface area contributed by atoms with Crippen molar-refractivity contribution in [2.45, 2.75) is 85.0 Å². The van der Waals surface area contributed by atoms with E-state index >= 15 is 0 Å². The summed E-state index contributed by atoms with van der Waals surface area (Å²) in [7, 11) is 0. The van der Waals surface area contributed by atoms with Crippen LogP contribution in [-0.2, 0) is 16.1 Å². The smallest absolute Gasteiger partial charge is 0.333 e. The van der Waals surface area contributed by atoms with Gasteiger partial charge >= 0.3 is 5.97 Å². The second kappa shape index (κ2) is 10.5. The van der Waals surface area contributed by atoms with Gasteiger partial charge in [0.05, 0.1) is 5.52 Å².